The van der Waals surface area contributed by atoms with Gasteiger partial charge in [-0.05, 0) is 5.56 Å². The highest BCUT2D eigenvalue weighted by atomic mass is 16.6. The first-order valence-electron chi connectivity index (χ1n) is 5.54. The Morgan fingerprint density at radius 2 is 1.39 bits per heavy atom. The molecule has 8 nitrogen and oxygen atoms in total. The number of quaternary nitrogens is 2. The van der Waals surface area contributed by atoms with Crippen LogP contribution in [0.25, 0.3) is 0 Å². The first kappa shape index (κ1) is 14.0. The number of nitrogens with zero attached hydrogens (tertiary/aromatic N) is 2. The summed E-state index contributed by atoms with van der Waals surface area (Å²) < 4.78 is 0. The number of rotatable bonds is 6. The van der Waals surface area contributed by atoms with Gasteiger partial charge in [-0.25, -0.2) is 0 Å². The van der Waals surface area contributed by atoms with Gasteiger partial charge in [0.15, 0.2) is 0 Å². The minimum Gasteiger partial charge on any atom is -0.357 e. The first-order valence-corrected chi connectivity index (χ1v) is 5.54. The van der Waals surface area contributed by atoms with Crippen LogP contribution in [0.4, 0.5) is 11.4 Å². The van der Waals surface area contributed by atoms with E-state index >= 15 is 0 Å². The van der Waals surface area contributed by atoms with Crippen LogP contribution in [0, 0.1) is 20.2 Å². The molecule has 98 valence electrons. The topological polar surface area (TPSA) is 142 Å². The smallest absolute Gasteiger partial charge is 0.279 e. The Hall–Kier alpha value is -2.06. The Labute approximate surface area is 103 Å². The third-order valence-corrected chi connectivity index (χ3v) is 2.55. The Morgan fingerprint density at radius 1 is 0.944 bits per heavy atom. The Balaban J connectivity index is 3.44. The van der Waals surface area contributed by atoms with Gasteiger partial charge in [-0.1, -0.05) is 0 Å². The summed E-state index contributed by atoms with van der Waals surface area (Å²) in [5, 5.41) is 21.9. The highest BCUT2D eigenvalue weighted by molar-refractivity contribution is 5.56. The molecule has 0 aliphatic rings. The van der Waals surface area contributed by atoms with Crippen molar-refractivity contribution in [1.82, 2.24) is 0 Å². The lowest BCUT2D eigenvalue weighted by atomic mass is 10.0. The average molecular weight is 256 g/mol. The molecule has 8 heteroatoms. The summed E-state index contributed by atoms with van der Waals surface area (Å²) in [7, 11) is 0. The molecule has 0 saturated heterocycles. The van der Waals surface area contributed by atoms with Gasteiger partial charge < -0.3 is 11.5 Å². The largest absolute Gasteiger partial charge is 0.357 e. The fourth-order valence-electron chi connectivity index (χ4n) is 1.81. The number of nitro benzene ring substituents is 2. The van der Waals surface area contributed by atoms with Crippen molar-refractivity contribution in [3.8, 4) is 0 Å². The van der Waals surface area contributed by atoms with E-state index in [-0.39, 0.29) is 23.4 Å². The van der Waals surface area contributed by atoms with Crippen LogP contribution in [-0.2, 0) is 12.8 Å². The van der Waals surface area contributed by atoms with E-state index in [1.807, 2.05) is 0 Å². The first-order chi connectivity index (χ1) is 8.51. The molecule has 0 aromatic heterocycles. The molecule has 0 aliphatic heterocycles. The SMILES string of the molecule is [NH3+]CCc1cc([N+](=O)[O-])c(CC[NH3+])c([N+](=O)[O-])c1. The molecular weight excluding hydrogens is 240 g/mol. The second kappa shape index (κ2) is 6.03. The zero-order chi connectivity index (χ0) is 13.7. The molecule has 0 unspecified atom stereocenters. The van der Waals surface area contributed by atoms with Crippen molar-refractivity contribution in [1.29, 1.82) is 0 Å². The summed E-state index contributed by atoms with van der Waals surface area (Å²) in [6.07, 6.45) is 0.698. The van der Waals surface area contributed by atoms with Crippen molar-refractivity contribution in [2.24, 2.45) is 0 Å². The fourth-order valence-corrected chi connectivity index (χ4v) is 1.81. The van der Waals surface area contributed by atoms with Gasteiger partial charge in [0.05, 0.1) is 22.9 Å². The van der Waals surface area contributed by atoms with E-state index in [0.717, 1.165) is 0 Å². The maximum atomic E-state index is 11.0. The molecule has 0 saturated carbocycles. The molecule has 0 heterocycles. The van der Waals surface area contributed by atoms with Gasteiger partial charge >= 0.3 is 0 Å². The molecule has 0 amide bonds. The van der Waals surface area contributed by atoms with Crippen molar-refractivity contribution in [3.63, 3.8) is 0 Å². The quantitative estimate of drug-likeness (QED) is 0.500. The number of hydrogen-bond donors (Lipinski definition) is 2. The van der Waals surface area contributed by atoms with E-state index in [0.29, 0.717) is 25.1 Å². The van der Waals surface area contributed by atoms with Crippen molar-refractivity contribution < 1.29 is 21.3 Å². The molecule has 0 fully saturated rings. The van der Waals surface area contributed by atoms with Crippen molar-refractivity contribution in [2.75, 3.05) is 13.1 Å². The zero-order valence-corrected chi connectivity index (χ0v) is 9.92. The van der Waals surface area contributed by atoms with Gasteiger partial charge in [0.2, 0.25) is 0 Å². The van der Waals surface area contributed by atoms with E-state index < -0.39 is 9.85 Å². The second-order valence-corrected chi connectivity index (χ2v) is 3.83. The van der Waals surface area contributed by atoms with Crippen LogP contribution in [0.1, 0.15) is 11.1 Å². The molecular formula is C10H16N4O4+2. The highest BCUT2D eigenvalue weighted by Gasteiger charge is 2.26. The molecule has 1 aromatic rings. The van der Waals surface area contributed by atoms with Gasteiger partial charge in [-0.2, -0.15) is 0 Å². The Kier molecular flexibility index (Phi) is 4.69. The van der Waals surface area contributed by atoms with Crippen molar-refractivity contribution in [2.45, 2.75) is 12.8 Å². The van der Waals surface area contributed by atoms with E-state index in [9.17, 15) is 20.2 Å². The van der Waals surface area contributed by atoms with Crippen LogP contribution in [0.2, 0.25) is 0 Å². The predicted octanol–water partition coefficient (Wildman–Crippen LogP) is -0.928. The lowest BCUT2D eigenvalue weighted by molar-refractivity contribution is -0.398. The fraction of sp³-hybridized carbons (Fsp3) is 0.400. The number of benzene rings is 1. The minimum absolute atomic E-state index is 0.146. The summed E-state index contributed by atoms with van der Waals surface area (Å²) in [6.45, 7) is 0.902. The summed E-state index contributed by atoms with van der Waals surface area (Å²) >= 11 is 0. The van der Waals surface area contributed by atoms with Crippen molar-refractivity contribution >= 4 is 11.4 Å². The van der Waals surface area contributed by atoms with Crippen LogP contribution in [0.15, 0.2) is 12.1 Å². The summed E-state index contributed by atoms with van der Waals surface area (Å²) in [5.41, 5.74) is 7.54. The van der Waals surface area contributed by atoms with Crippen LogP contribution >= 0.6 is 0 Å². The highest BCUT2D eigenvalue weighted by Crippen LogP contribution is 2.30. The molecule has 1 aromatic carbocycles. The van der Waals surface area contributed by atoms with Crippen molar-refractivity contribution in [3.05, 3.63) is 43.5 Å². The third kappa shape index (κ3) is 2.99. The van der Waals surface area contributed by atoms with Gasteiger partial charge in [0.25, 0.3) is 11.4 Å². The van der Waals surface area contributed by atoms with Gasteiger partial charge in [0.1, 0.15) is 5.56 Å². The average Bonchev–Trinajstić information content (AvgIpc) is 2.30. The van der Waals surface area contributed by atoms with E-state index in [1.54, 1.807) is 0 Å². The monoisotopic (exact) mass is 256 g/mol. The molecule has 0 aliphatic carbocycles. The second-order valence-electron chi connectivity index (χ2n) is 3.83. The van der Waals surface area contributed by atoms with Gasteiger partial charge in [0, 0.05) is 25.0 Å². The standard InChI is InChI=1S/C10H14N4O4/c11-3-1-7-5-9(13(15)16)8(2-4-12)10(6-7)14(17)18/h5-6H,1-4,11-12H2/p+2. The summed E-state index contributed by atoms with van der Waals surface area (Å²) in [5.74, 6) is 0. The van der Waals surface area contributed by atoms with E-state index in [4.69, 9.17) is 0 Å². The maximum absolute atomic E-state index is 11.0. The van der Waals surface area contributed by atoms with E-state index in [2.05, 4.69) is 11.5 Å². The zero-order valence-electron chi connectivity index (χ0n) is 9.92. The Morgan fingerprint density at radius 3 is 1.72 bits per heavy atom. The minimum atomic E-state index is -0.579. The molecule has 0 atom stereocenters. The van der Waals surface area contributed by atoms with Crippen LogP contribution in [0.3, 0.4) is 0 Å². The van der Waals surface area contributed by atoms with Crippen LogP contribution < -0.4 is 11.5 Å². The summed E-state index contributed by atoms with van der Waals surface area (Å²) in [6, 6.07) is 2.78. The lowest BCUT2D eigenvalue weighted by Crippen LogP contribution is -2.51. The molecule has 0 spiro atoms. The normalized spacial score (nSPS) is 10.3. The van der Waals surface area contributed by atoms with E-state index in [1.165, 1.54) is 12.1 Å². The summed E-state index contributed by atoms with van der Waals surface area (Å²) in [4.78, 5) is 20.8. The maximum Gasteiger partial charge on any atom is 0.279 e. The van der Waals surface area contributed by atoms with Crippen LogP contribution in [-0.4, -0.2) is 22.9 Å². The van der Waals surface area contributed by atoms with Gasteiger partial charge in [-0.3, -0.25) is 20.2 Å². The molecule has 0 radical (unpaired) electrons. The molecule has 6 N–H and O–H groups in total. The third-order valence-electron chi connectivity index (χ3n) is 2.55. The Bertz CT molecular complexity index is 440. The van der Waals surface area contributed by atoms with Crippen LogP contribution in [0.5, 0.6) is 0 Å². The molecule has 1 rings (SSSR count). The number of nitro groups is 2. The number of hydrogen-bond acceptors (Lipinski definition) is 4. The molecule has 0 bridgehead atoms. The molecule has 18 heavy (non-hydrogen) atoms. The predicted molar refractivity (Wildman–Crippen MR) is 62.7 cm³/mol. The van der Waals surface area contributed by atoms with Gasteiger partial charge in [-0.15, -0.1) is 0 Å². The lowest BCUT2D eigenvalue weighted by Gasteiger charge is -2.05.